The summed E-state index contributed by atoms with van der Waals surface area (Å²) in [5.74, 6) is 0.0751. The number of hydrogen-bond acceptors (Lipinski definition) is 2. The molecule has 0 unspecified atom stereocenters. The third-order valence-electron chi connectivity index (χ3n) is 4.72. The molecule has 0 spiro atoms. The van der Waals surface area contributed by atoms with Crippen molar-refractivity contribution in [1.82, 2.24) is 5.32 Å². The van der Waals surface area contributed by atoms with Crippen LogP contribution in [0, 0.1) is 0 Å². The summed E-state index contributed by atoms with van der Waals surface area (Å²) < 4.78 is 0. The van der Waals surface area contributed by atoms with Crippen molar-refractivity contribution in [3.05, 3.63) is 34.9 Å². The number of nitrogens with two attached hydrogens (primary N) is 1. The molecule has 0 saturated heterocycles. The van der Waals surface area contributed by atoms with Gasteiger partial charge in [-0.2, -0.15) is 0 Å². The molecule has 0 bridgehead atoms. The van der Waals surface area contributed by atoms with Crippen molar-refractivity contribution in [1.29, 1.82) is 0 Å². The molecule has 3 rings (SSSR count). The molecular weight excluding hydrogens is 272 g/mol. The Morgan fingerprint density at radius 3 is 2.65 bits per heavy atom. The van der Waals surface area contributed by atoms with E-state index in [-0.39, 0.29) is 23.9 Å². The Hall–Kier alpha value is -1.06. The molecule has 1 amide bonds. The Kier molecular flexibility index (Phi) is 4.71. The maximum atomic E-state index is 12.6. The summed E-state index contributed by atoms with van der Waals surface area (Å²) in [6.45, 7) is 0.549. The second kappa shape index (κ2) is 6.15. The Labute approximate surface area is 126 Å². The van der Waals surface area contributed by atoms with Gasteiger partial charge in [0.05, 0.1) is 5.54 Å². The Bertz CT molecular complexity index is 495. The van der Waals surface area contributed by atoms with Crippen molar-refractivity contribution in [3.63, 3.8) is 0 Å². The monoisotopic (exact) mass is 294 g/mol. The molecule has 2 aliphatic carbocycles. The lowest BCUT2D eigenvalue weighted by Gasteiger charge is -2.29. The number of amides is 1. The fourth-order valence-corrected chi connectivity index (χ4v) is 3.57. The van der Waals surface area contributed by atoms with Crippen LogP contribution in [0.4, 0.5) is 0 Å². The number of rotatable bonds is 3. The SMILES string of the molecule is Cl.NCC1(NC(=O)c2cccc3c2CCC3)CCCC1. The summed E-state index contributed by atoms with van der Waals surface area (Å²) in [4.78, 5) is 12.6. The maximum Gasteiger partial charge on any atom is 0.252 e. The van der Waals surface area contributed by atoms with E-state index in [2.05, 4.69) is 11.4 Å². The molecule has 0 aromatic heterocycles. The summed E-state index contributed by atoms with van der Waals surface area (Å²) >= 11 is 0. The molecule has 0 aliphatic heterocycles. The summed E-state index contributed by atoms with van der Waals surface area (Å²) in [6.07, 6.45) is 7.69. The van der Waals surface area contributed by atoms with Crippen molar-refractivity contribution in [2.24, 2.45) is 5.73 Å². The van der Waals surface area contributed by atoms with Crippen LogP contribution < -0.4 is 11.1 Å². The molecule has 3 nitrogen and oxygen atoms in total. The average molecular weight is 295 g/mol. The lowest BCUT2D eigenvalue weighted by atomic mass is 9.96. The van der Waals surface area contributed by atoms with Gasteiger partial charge in [0.1, 0.15) is 0 Å². The lowest BCUT2D eigenvalue weighted by Crippen LogP contribution is -2.51. The number of fused-ring (bicyclic) bond motifs is 1. The van der Waals surface area contributed by atoms with E-state index in [0.29, 0.717) is 6.54 Å². The van der Waals surface area contributed by atoms with E-state index in [1.807, 2.05) is 12.1 Å². The molecule has 20 heavy (non-hydrogen) atoms. The van der Waals surface area contributed by atoms with Crippen LogP contribution in [0.1, 0.15) is 53.6 Å². The van der Waals surface area contributed by atoms with Gasteiger partial charge in [-0.1, -0.05) is 25.0 Å². The number of benzene rings is 1. The van der Waals surface area contributed by atoms with E-state index in [1.54, 1.807) is 0 Å². The number of nitrogens with one attached hydrogen (secondary N) is 1. The third kappa shape index (κ3) is 2.70. The highest BCUT2D eigenvalue weighted by molar-refractivity contribution is 5.96. The maximum absolute atomic E-state index is 12.6. The normalized spacial score (nSPS) is 19.2. The molecule has 1 saturated carbocycles. The molecule has 1 fully saturated rings. The molecule has 3 N–H and O–H groups in total. The fraction of sp³-hybridized carbons (Fsp3) is 0.562. The van der Waals surface area contributed by atoms with E-state index >= 15 is 0 Å². The highest BCUT2D eigenvalue weighted by Crippen LogP contribution is 2.30. The third-order valence-corrected chi connectivity index (χ3v) is 4.72. The molecule has 1 aromatic carbocycles. The van der Waals surface area contributed by atoms with Gasteiger partial charge in [0.15, 0.2) is 0 Å². The van der Waals surface area contributed by atoms with Crippen molar-refractivity contribution in [3.8, 4) is 0 Å². The van der Waals surface area contributed by atoms with Gasteiger partial charge in [0.25, 0.3) is 5.91 Å². The smallest absolute Gasteiger partial charge is 0.252 e. The van der Waals surface area contributed by atoms with Gasteiger partial charge in [0.2, 0.25) is 0 Å². The molecular formula is C16H23ClN2O. The Balaban J connectivity index is 0.00000147. The highest BCUT2D eigenvalue weighted by atomic mass is 35.5. The molecule has 4 heteroatoms. The minimum Gasteiger partial charge on any atom is -0.345 e. The van der Waals surface area contributed by atoms with E-state index in [1.165, 1.54) is 30.4 Å². The molecule has 110 valence electrons. The first-order chi connectivity index (χ1) is 9.24. The zero-order valence-corrected chi connectivity index (χ0v) is 12.6. The Morgan fingerprint density at radius 2 is 1.95 bits per heavy atom. The fourth-order valence-electron chi connectivity index (χ4n) is 3.57. The van der Waals surface area contributed by atoms with E-state index in [0.717, 1.165) is 31.2 Å². The first-order valence-electron chi connectivity index (χ1n) is 7.37. The summed E-state index contributed by atoms with van der Waals surface area (Å²) in [6, 6.07) is 6.11. The largest absolute Gasteiger partial charge is 0.345 e. The predicted molar refractivity (Wildman–Crippen MR) is 83.4 cm³/mol. The van der Waals surface area contributed by atoms with Gasteiger partial charge < -0.3 is 11.1 Å². The molecule has 1 aromatic rings. The quantitative estimate of drug-likeness (QED) is 0.900. The van der Waals surface area contributed by atoms with Crippen LogP contribution in [0.3, 0.4) is 0 Å². The van der Waals surface area contributed by atoms with Gasteiger partial charge in [-0.3, -0.25) is 4.79 Å². The summed E-state index contributed by atoms with van der Waals surface area (Å²) in [7, 11) is 0. The summed E-state index contributed by atoms with van der Waals surface area (Å²) in [5, 5.41) is 3.22. The number of carbonyl (C=O) groups is 1. The second-order valence-corrected chi connectivity index (χ2v) is 5.94. The average Bonchev–Trinajstić information content (AvgIpc) is 3.06. The van der Waals surface area contributed by atoms with Crippen LogP contribution in [0.25, 0.3) is 0 Å². The first kappa shape index (κ1) is 15.3. The van der Waals surface area contributed by atoms with Crippen molar-refractivity contribution >= 4 is 18.3 Å². The van der Waals surface area contributed by atoms with E-state index in [9.17, 15) is 4.79 Å². The standard InChI is InChI=1S/C16H22N2O.ClH/c17-11-16(9-1-2-10-16)18-15(19)14-8-4-6-12-5-3-7-13(12)14;/h4,6,8H,1-3,5,7,9-11,17H2,(H,18,19);1H. The van der Waals surface area contributed by atoms with Gasteiger partial charge in [-0.05, 0) is 49.3 Å². The summed E-state index contributed by atoms with van der Waals surface area (Å²) in [5.41, 5.74) is 9.21. The van der Waals surface area contributed by atoms with Crippen LogP contribution in [0.5, 0.6) is 0 Å². The first-order valence-corrected chi connectivity index (χ1v) is 7.37. The van der Waals surface area contributed by atoms with Gasteiger partial charge in [0, 0.05) is 12.1 Å². The molecule has 2 aliphatic rings. The minimum atomic E-state index is -0.154. The van der Waals surface area contributed by atoms with Crippen LogP contribution >= 0.6 is 12.4 Å². The predicted octanol–water partition coefficient (Wildman–Crippen LogP) is 2.60. The highest BCUT2D eigenvalue weighted by Gasteiger charge is 2.34. The number of hydrogen-bond donors (Lipinski definition) is 2. The minimum absolute atomic E-state index is 0. The van der Waals surface area contributed by atoms with Crippen molar-refractivity contribution in [2.75, 3.05) is 6.54 Å². The molecule has 0 atom stereocenters. The van der Waals surface area contributed by atoms with Crippen molar-refractivity contribution in [2.45, 2.75) is 50.5 Å². The van der Waals surface area contributed by atoms with Gasteiger partial charge in [-0.15, -0.1) is 12.4 Å². The topological polar surface area (TPSA) is 55.1 Å². The number of carbonyl (C=O) groups excluding carboxylic acids is 1. The van der Waals surface area contributed by atoms with Crippen LogP contribution in [-0.4, -0.2) is 18.0 Å². The van der Waals surface area contributed by atoms with E-state index in [4.69, 9.17) is 5.73 Å². The van der Waals surface area contributed by atoms with Crippen molar-refractivity contribution < 1.29 is 4.79 Å². The molecule has 0 radical (unpaired) electrons. The van der Waals surface area contributed by atoms with Gasteiger partial charge in [-0.25, -0.2) is 0 Å². The molecule has 0 heterocycles. The van der Waals surface area contributed by atoms with Crippen LogP contribution in [0.2, 0.25) is 0 Å². The van der Waals surface area contributed by atoms with Gasteiger partial charge >= 0.3 is 0 Å². The Morgan fingerprint density at radius 1 is 1.20 bits per heavy atom. The second-order valence-electron chi connectivity index (χ2n) is 5.94. The number of halogens is 1. The van der Waals surface area contributed by atoms with Crippen LogP contribution in [-0.2, 0) is 12.8 Å². The zero-order chi connectivity index (χ0) is 13.3. The van der Waals surface area contributed by atoms with E-state index < -0.39 is 0 Å². The number of aryl methyl sites for hydroxylation is 1. The lowest BCUT2D eigenvalue weighted by molar-refractivity contribution is 0.0902. The zero-order valence-electron chi connectivity index (χ0n) is 11.8. The van der Waals surface area contributed by atoms with Crippen LogP contribution in [0.15, 0.2) is 18.2 Å².